The van der Waals surface area contributed by atoms with Gasteiger partial charge in [-0.1, -0.05) is 12.2 Å². The monoisotopic (exact) mass is 461 g/mol. The number of anilines is 2. The van der Waals surface area contributed by atoms with Crippen molar-refractivity contribution in [1.29, 1.82) is 0 Å². The van der Waals surface area contributed by atoms with Crippen molar-refractivity contribution in [3.63, 3.8) is 0 Å². The van der Waals surface area contributed by atoms with Crippen molar-refractivity contribution in [2.24, 2.45) is 0 Å². The summed E-state index contributed by atoms with van der Waals surface area (Å²) in [5.41, 5.74) is 7.68. The number of carbonyl (C=O) groups is 4. The number of amides is 2. The van der Waals surface area contributed by atoms with Gasteiger partial charge in [0.1, 0.15) is 10.7 Å². The zero-order valence-electron chi connectivity index (χ0n) is 17.2. The number of aromatic nitrogens is 2. The van der Waals surface area contributed by atoms with Gasteiger partial charge in [0, 0.05) is 35.3 Å². The number of carbonyl (C=O) groups excluding carboxylic acids is 2. The first-order valence-electron chi connectivity index (χ1n) is 9.57. The summed E-state index contributed by atoms with van der Waals surface area (Å²) in [5, 5.41) is 22.8. The van der Waals surface area contributed by atoms with Gasteiger partial charge in [-0.15, -0.1) is 0 Å². The molecule has 0 fully saturated rings. The molecule has 0 saturated heterocycles. The van der Waals surface area contributed by atoms with Gasteiger partial charge in [-0.2, -0.15) is 0 Å². The number of carboxylic acids is 2. The number of hydrogen-bond acceptors (Lipinski definition) is 7. The zero-order chi connectivity index (χ0) is 23.8. The predicted octanol–water partition coefficient (Wildman–Crippen LogP) is 1.65. The summed E-state index contributed by atoms with van der Waals surface area (Å²) in [5.74, 6) is -3.21. The van der Waals surface area contributed by atoms with Gasteiger partial charge in [-0.05, 0) is 44.0 Å². The number of nitrogen functional groups attached to an aromatic ring is 1. The Bertz CT molecular complexity index is 1080. The first kappa shape index (κ1) is 24.5. The maximum absolute atomic E-state index is 12.2. The summed E-state index contributed by atoms with van der Waals surface area (Å²) in [6.07, 6.45) is -0.111. The molecule has 0 aliphatic heterocycles. The molecular weight excluding hydrogens is 438 g/mol. The third kappa shape index (κ3) is 7.16. The highest BCUT2D eigenvalue weighted by molar-refractivity contribution is 7.71. The average molecular weight is 462 g/mol. The van der Waals surface area contributed by atoms with E-state index in [2.05, 4.69) is 20.6 Å². The Balaban J connectivity index is 1.93. The molecule has 0 aliphatic rings. The molecule has 1 atom stereocenters. The molecule has 170 valence electrons. The second kappa shape index (κ2) is 11.0. The molecule has 7 N–H and O–H groups in total. The lowest BCUT2D eigenvalue weighted by atomic mass is 10.1. The molecule has 12 heteroatoms. The number of nitrogens with two attached hydrogens (primary N) is 1. The summed E-state index contributed by atoms with van der Waals surface area (Å²) in [6, 6.07) is 4.52. The van der Waals surface area contributed by atoms with E-state index < -0.39 is 23.9 Å². The first-order chi connectivity index (χ1) is 15.1. The van der Waals surface area contributed by atoms with Crippen LogP contribution in [0.15, 0.2) is 24.3 Å². The van der Waals surface area contributed by atoms with E-state index in [1.165, 1.54) is 24.3 Å². The summed E-state index contributed by atoms with van der Waals surface area (Å²) in [7, 11) is 0. The van der Waals surface area contributed by atoms with Crippen molar-refractivity contribution in [3.05, 3.63) is 45.7 Å². The van der Waals surface area contributed by atoms with Crippen molar-refractivity contribution in [2.75, 3.05) is 11.1 Å². The normalized spacial score (nSPS) is 11.4. The third-order valence-corrected chi connectivity index (χ3v) is 4.87. The van der Waals surface area contributed by atoms with Crippen molar-refractivity contribution in [2.45, 2.75) is 38.6 Å². The number of aromatic amines is 1. The number of benzene rings is 1. The second-order valence-electron chi connectivity index (χ2n) is 6.95. The Morgan fingerprint density at radius 1 is 1.16 bits per heavy atom. The Hall–Kier alpha value is -3.80. The molecule has 32 heavy (non-hydrogen) atoms. The SMILES string of the molecule is Cc1[nH]c(N)nc(=S)c1CCC(=O)Nc1ccc(C(=O)N[C@H](CCC(=O)O)C(=O)O)cc1. The number of rotatable bonds is 10. The second-order valence-corrected chi connectivity index (χ2v) is 7.34. The largest absolute Gasteiger partial charge is 0.481 e. The Morgan fingerprint density at radius 2 is 1.81 bits per heavy atom. The maximum Gasteiger partial charge on any atom is 0.326 e. The lowest BCUT2D eigenvalue weighted by molar-refractivity contribution is -0.140. The summed E-state index contributed by atoms with van der Waals surface area (Å²) >= 11 is 5.18. The molecule has 1 aromatic carbocycles. The van der Waals surface area contributed by atoms with E-state index in [0.717, 1.165) is 11.3 Å². The van der Waals surface area contributed by atoms with E-state index in [1.54, 1.807) is 6.92 Å². The van der Waals surface area contributed by atoms with Crippen LogP contribution in [0.1, 0.15) is 40.9 Å². The van der Waals surface area contributed by atoms with Crippen LogP contribution in [0.3, 0.4) is 0 Å². The van der Waals surface area contributed by atoms with E-state index in [0.29, 0.717) is 16.7 Å². The molecule has 0 radical (unpaired) electrons. The average Bonchev–Trinajstić information content (AvgIpc) is 2.70. The Kier molecular flexibility index (Phi) is 8.41. The van der Waals surface area contributed by atoms with Crippen LogP contribution in [0, 0.1) is 11.6 Å². The van der Waals surface area contributed by atoms with E-state index in [1.807, 2.05) is 0 Å². The number of hydrogen-bond donors (Lipinski definition) is 6. The highest BCUT2D eigenvalue weighted by Crippen LogP contribution is 2.14. The highest BCUT2D eigenvalue weighted by Gasteiger charge is 2.21. The molecule has 0 aliphatic carbocycles. The van der Waals surface area contributed by atoms with Crippen LogP contribution < -0.4 is 16.4 Å². The molecule has 0 saturated carbocycles. The van der Waals surface area contributed by atoms with Crippen molar-refractivity contribution in [3.8, 4) is 0 Å². The fraction of sp³-hybridized carbons (Fsp3) is 0.300. The van der Waals surface area contributed by atoms with Crippen LogP contribution in [-0.2, 0) is 20.8 Å². The minimum atomic E-state index is -1.32. The van der Waals surface area contributed by atoms with Crippen LogP contribution in [0.5, 0.6) is 0 Å². The van der Waals surface area contributed by atoms with Crippen LogP contribution in [0.4, 0.5) is 11.6 Å². The van der Waals surface area contributed by atoms with Gasteiger partial charge in [0.15, 0.2) is 5.95 Å². The van der Waals surface area contributed by atoms with E-state index in [4.69, 9.17) is 28.2 Å². The van der Waals surface area contributed by atoms with Crippen LogP contribution >= 0.6 is 12.2 Å². The Labute approximate surface area is 188 Å². The molecule has 0 bridgehead atoms. The maximum atomic E-state index is 12.2. The molecular formula is C20H23N5O6S. The van der Waals surface area contributed by atoms with Crippen LogP contribution in [-0.4, -0.2) is 50.0 Å². The molecule has 0 spiro atoms. The van der Waals surface area contributed by atoms with Gasteiger partial charge in [0.2, 0.25) is 5.91 Å². The van der Waals surface area contributed by atoms with E-state index in [9.17, 15) is 19.2 Å². The minimum absolute atomic E-state index is 0.149. The number of aryl methyl sites for hydroxylation is 1. The molecule has 1 heterocycles. The van der Waals surface area contributed by atoms with Gasteiger partial charge in [0.05, 0.1) is 0 Å². The number of nitrogens with one attached hydrogen (secondary N) is 3. The smallest absolute Gasteiger partial charge is 0.326 e. The molecule has 11 nitrogen and oxygen atoms in total. The molecule has 2 rings (SSSR count). The molecule has 2 aromatic rings. The predicted molar refractivity (Wildman–Crippen MR) is 118 cm³/mol. The molecule has 2 amide bonds. The van der Waals surface area contributed by atoms with Crippen molar-refractivity contribution < 1.29 is 29.4 Å². The van der Waals surface area contributed by atoms with E-state index >= 15 is 0 Å². The number of nitrogens with zero attached hydrogens (tertiary/aromatic N) is 1. The standard InChI is InChI=1S/C20H23N5O6S/c1-10-13(18(32)25-20(21)22-10)6-8-15(26)23-12-4-2-11(3-5-12)17(29)24-14(19(30)31)7-9-16(27)28/h2-5,14H,6-9H2,1H3,(H,23,26)(H,24,29)(H,27,28)(H,30,31)(H3,21,22,25,32)/t14-/m1/s1. The quantitative estimate of drug-likeness (QED) is 0.286. The van der Waals surface area contributed by atoms with Gasteiger partial charge in [0.25, 0.3) is 5.91 Å². The third-order valence-electron chi connectivity index (χ3n) is 4.53. The van der Waals surface area contributed by atoms with Crippen molar-refractivity contribution in [1.82, 2.24) is 15.3 Å². The number of aliphatic carboxylic acids is 2. The van der Waals surface area contributed by atoms with Crippen molar-refractivity contribution >= 4 is 47.6 Å². The summed E-state index contributed by atoms with van der Waals surface area (Å²) in [6.45, 7) is 1.79. The topological polar surface area (TPSA) is 187 Å². The number of H-pyrrole nitrogens is 1. The van der Waals surface area contributed by atoms with Crippen LogP contribution in [0.25, 0.3) is 0 Å². The first-order valence-corrected chi connectivity index (χ1v) is 9.98. The fourth-order valence-corrected chi connectivity index (χ4v) is 3.21. The molecule has 0 unspecified atom stereocenters. The van der Waals surface area contributed by atoms with Gasteiger partial charge in [-0.3, -0.25) is 14.4 Å². The van der Waals surface area contributed by atoms with Crippen LogP contribution in [0.2, 0.25) is 0 Å². The summed E-state index contributed by atoms with van der Waals surface area (Å²) < 4.78 is 0.338. The minimum Gasteiger partial charge on any atom is -0.481 e. The van der Waals surface area contributed by atoms with Gasteiger partial charge < -0.3 is 31.6 Å². The lowest BCUT2D eigenvalue weighted by Gasteiger charge is -2.14. The number of carboxylic acid groups (broad SMARTS) is 2. The highest BCUT2D eigenvalue weighted by atomic mass is 32.1. The summed E-state index contributed by atoms with van der Waals surface area (Å²) in [4.78, 5) is 53.2. The fourth-order valence-electron chi connectivity index (χ4n) is 2.86. The Morgan fingerprint density at radius 3 is 2.38 bits per heavy atom. The zero-order valence-corrected chi connectivity index (χ0v) is 18.0. The van der Waals surface area contributed by atoms with Gasteiger partial charge >= 0.3 is 11.9 Å². The molecule has 1 aromatic heterocycles. The van der Waals surface area contributed by atoms with E-state index in [-0.39, 0.29) is 36.7 Å². The lowest BCUT2D eigenvalue weighted by Crippen LogP contribution is -2.41. The van der Waals surface area contributed by atoms with Gasteiger partial charge in [-0.25, -0.2) is 9.78 Å².